The predicted octanol–water partition coefficient (Wildman–Crippen LogP) is 7.03. The number of methoxy groups -OCH3 is 4. The molecule has 10 nitrogen and oxygen atoms in total. The molecule has 6 aromatic rings. The predicted molar refractivity (Wildman–Crippen MR) is 191 cm³/mol. The van der Waals surface area contributed by atoms with Crippen molar-refractivity contribution in [2.75, 3.05) is 28.4 Å². The van der Waals surface area contributed by atoms with E-state index < -0.39 is 7.12 Å². The number of nitrogens with zero attached hydrogens (tertiary/aromatic N) is 4. The van der Waals surface area contributed by atoms with Crippen molar-refractivity contribution in [2.45, 2.75) is 7.43 Å². The van der Waals surface area contributed by atoms with E-state index in [0.717, 1.165) is 48.9 Å². The summed E-state index contributed by atoms with van der Waals surface area (Å²) in [5.74, 6) is 2.55. The molecule has 0 bridgehead atoms. The Hall–Kier alpha value is -4.20. The standard InChI is InChI=1S/C16H13ClN2O2.C8H11BO4.C8H4BrClN2.CH4/c1-20-13-6-11(7-14(8-13)21-2)10-3-4-15-12(5-10)9-18-16(17)19-15;1-12-7-3-6(9(10)11)4-8(5-7)13-2;9-6-1-2-7-5(3-6)4-11-8(10)12-7;/h3-9H,1-2H3;3-5,10-11H,1-2H3;1-4H;1H4. The number of fused-ring (bicyclic) bond motifs is 2. The smallest absolute Gasteiger partial charge is 0.488 e. The van der Waals surface area contributed by atoms with Crippen molar-refractivity contribution in [3.8, 4) is 34.1 Å². The molecule has 0 saturated heterocycles. The average Bonchev–Trinajstić information content (AvgIpc) is 3.08. The van der Waals surface area contributed by atoms with Crippen LogP contribution in [-0.4, -0.2) is 65.5 Å². The molecule has 0 amide bonds. The number of ether oxygens (including phenoxy) is 4. The molecule has 0 unspecified atom stereocenters. The van der Waals surface area contributed by atoms with E-state index >= 15 is 0 Å². The molecule has 0 atom stereocenters. The van der Waals surface area contributed by atoms with Gasteiger partial charge in [0.2, 0.25) is 10.6 Å². The summed E-state index contributed by atoms with van der Waals surface area (Å²) in [6, 6.07) is 22.2. The van der Waals surface area contributed by atoms with Crippen LogP contribution in [0.2, 0.25) is 10.6 Å². The molecule has 47 heavy (non-hydrogen) atoms. The number of hydrogen-bond donors (Lipinski definition) is 2. The lowest BCUT2D eigenvalue weighted by atomic mass is 9.80. The molecule has 0 saturated carbocycles. The van der Waals surface area contributed by atoms with Crippen molar-refractivity contribution < 1.29 is 29.0 Å². The Bertz CT molecular complexity index is 1870. The molecule has 2 heterocycles. The van der Waals surface area contributed by atoms with E-state index in [9.17, 15) is 0 Å². The van der Waals surface area contributed by atoms with Crippen LogP contribution in [0.25, 0.3) is 32.9 Å². The topological polar surface area (TPSA) is 129 Å². The van der Waals surface area contributed by atoms with Gasteiger partial charge in [-0.25, -0.2) is 19.9 Å². The summed E-state index contributed by atoms with van der Waals surface area (Å²) >= 11 is 14.8. The number of halogens is 3. The molecule has 0 fully saturated rings. The van der Waals surface area contributed by atoms with Crippen LogP contribution < -0.4 is 24.4 Å². The van der Waals surface area contributed by atoms with Crippen LogP contribution in [0.3, 0.4) is 0 Å². The van der Waals surface area contributed by atoms with E-state index in [0.29, 0.717) is 17.0 Å². The van der Waals surface area contributed by atoms with Gasteiger partial charge in [0.25, 0.3) is 0 Å². The van der Waals surface area contributed by atoms with Crippen LogP contribution >= 0.6 is 39.1 Å². The molecule has 0 aliphatic heterocycles. The van der Waals surface area contributed by atoms with Gasteiger partial charge in [0.15, 0.2) is 0 Å². The quantitative estimate of drug-likeness (QED) is 0.136. The summed E-state index contributed by atoms with van der Waals surface area (Å²) in [5, 5.41) is 20.3. The minimum Gasteiger partial charge on any atom is -0.497 e. The second-order valence-corrected chi connectivity index (χ2v) is 11.0. The summed E-state index contributed by atoms with van der Waals surface area (Å²) in [4.78, 5) is 16.1. The number of benzene rings is 4. The Kier molecular flexibility index (Phi) is 14.0. The summed E-state index contributed by atoms with van der Waals surface area (Å²) < 4.78 is 21.5. The molecule has 6 rings (SSSR count). The van der Waals surface area contributed by atoms with Gasteiger partial charge in [-0.3, -0.25) is 0 Å². The number of aromatic nitrogens is 4. The SMILES string of the molecule is C.COc1cc(OC)cc(-c2ccc3nc(Cl)ncc3c2)c1.COc1cc(OC)cc(B(O)O)c1.Clc1ncc2cc(Br)ccc2n1. The van der Waals surface area contributed by atoms with Gasteiger partial charge in [-0.2, -0.15) is 0 Å². The van der Waals surface area contributed by atoms with Crippen molar-refractivity contribution >= 4 is 73.5 Å². The molecule has 244 valence electrons. The molecule has 4 aromatic carbocycles. The Morgan fingerprint density at radius 3 is 1.51 bits per heavy atom. The maximum Gasteiger partial charge on any atom is 0.488 e. The third-order valence-electron chi connectivity index (χ3n) is 6.42. The van der Waals surface area contributed by atoms with Crippen molar-refractivity contribution in [1.29, 1.82) is 0 Å². The van der Waals surface area contributed by atoms with Gasteiger partial charge in [0, 0.05) is 39.8 Å². The van der Waals surface area contributed by atoms with Crippen LogP contribution in [0.5, 0.6) is 23.0 Å². The molecule has 0 aliphatic rings. The highest BCUT2D eigenvalue weighted by atomic mass is 79.9. The van der Waals surface area contributed by atoms with Gasteiger partial charge in [0.1, 0.15) is 23.0 Å². The third-order valence-corrected chi connectivity index (χ3v) is 7.28. The van der Waals surface area contributed by atoms with Crippen LogP contribution in [0.15, 0.2) is 89.7 Å². The molecule has 0 spiro atoms. The zero-order valence-corrected chi connectivity index (χ0v) is 28.2. The fraction of sp³-hybridized carbons (Fsp3) is 0.152. The highest BCUT2D eigenvalue weighted by molar-refractivity contribution is 9.10. The first-order chi connectivity index (χ1) is 22.1. The summed E-state index contributed by atoms with van der Waals surface area (Å²) in [7, 11) is 4.76. The second-order valence-electron chi connectivity index (χ2n) is 9.38. The van der Waals surface area contributed by atoms with Gasteiger partial charge in [-0.1, -0.05) is 29.4 Å². The van der Waals surface area contributed by atoms with Crippen LogP contribution in [0.1, 0.15) is 7.43 Å². The Labute approximate surface area is 291 Å². The normalized spacial score (nSPS) is 10.1. The lowest BCUT2D eigenvalue weighted by molar-refractivity contribution is 0.392. The molecular formula is C33H32BBrCl2N4O6. The summed E-state index contributed by atoms with van der Waals surface area (Å²) in [5.41, 5.74) is 4.05. The molecule has 0 aliphatic carbocycles. The van der Waals surface area contributed by atoms with Crippen molar-refractivity contribution in [3.05, 3.63) is 100 Å². The van der Waals surface area contributed by atoms with Gasteiger partial charge >= 0.3 is 7.12 Å². The first-order valence-corrected chi connectivity index (χ1v) is 15.0. The van der Waals surface area contributed by atoms with Crippen LogP contribution in [0.4, 0.5) is 0 Å². The second kappa shape index (κ2) is 17.6. The fourth-order valence-electron chi connectivity index (χ4n) is 4.12. The minimum absolute atomic E-state index is 0. The van der Waals surface area contributed by atoms with Gasteiger partial charge in [-0.05, 0) is 94.4 Å². The zero-order chi connectivity index (χ0) is 33.2. The van der Waals surface area contributed by atoms with Crippen molar-refractivity contribution in [2.24, 2.45) is 0 Å². The van der Waals surface area contributed by atoms with Crippen LogP contribution in [0, 0.1) is 0 Å². The highest BCUT2D eigenvalue weighted by Gasteiger charge is 2.13. The van der Waals surface area contributed by atoms with Crippen LogP contribution in [-0.2, 0) is 0 Å². The van der Waals surface area contributed by atoms with Gasteiger partial charge in [0.05, 0.1) is 39.5 Å². The number of rotatable bonds is 6. The van der Waals surface area contributed by atoms with E-state index in [1.165, 1.54) is 26.4 Å². The molecule has 2 aromatic heterocycles. The zero-order valence-electron chi connectivity index (χ0n) is 25.1. The van der Waals surface area contributed by atoms with E-state index in [4.69, 9.17) is 52.2 Å². The van der Waals surface area contributed by atoms with Gasteiger partial charge in [-0.15, -0.1) is 0 Å². The fourth-order valence-corrected chi connectivity index (χ4v) is 4.78. The lowest BCUT2D eigenvalue weighted by Crippen LogP contribution is -2.29. The number of hydrogen-bond acceptors (Lipinski definition) is 10. The summed E-state index contributed by atoms with van der Waals surface area (Å²) in [6.07, 6.45) is 3.42. The van der Waals surface area contributed by atoms with E-state index in [2.05, 4.69) is 35.9 Å². The highest BCUT2D eigenvalue weighted by Crippen LogP contribution is 2.31. The van der Waals surface area contributed by atoms with Crippen molar-refractivity contribution in [3.63, 3.8) is 0 Å². The third kappa shape index (κ3) is 10.4. The molecule has 2 N–H and O–H groups in total. The Morgan fingerprint density at radius 2 is 1.04 bits per heavy atom. The van der Waals surface area contributed by atoms with E-state index in [1.54, 1.807) is 32.7 Å². The first-order valence-electron chi connectivity index (χ1n) is 13.4. The maximum atomic E-state index is 8.91. The largest absolute Gasteiger partial charge is 0.497 e. The first kappa shape index (κ1) is 37.3. The maximum absolute atomic E-state index is 8.91. The minimum atomic E-state index is -1.51. The molecule has 14 heteroatoms. The lowest BCUT2D eigenvalue weighted by Gasteiger charge is -2.09. The Balaban J connectivity index is 0.000000201. The van der Waals surface area contributed by atoms with E-state index in [-0.39, 0.29) is 18.0 Å². The molecule has 0 radical (unpaired) electrons. The Morgan fingerprint density at radius 1 is 0.596 bits per heavy atom. The monoisotopic (exact) mass is 740 g/mol. The van der Waals surface area contributed by atoms with Gasteiger partial charge < -0.3 is 29.0 Å². The summed E-state index contributed by atoms with van der Waals surface area (Å²) in [6.45, 7) is 0. The average molecular weight is 742 g/mol. The molecular weight excluding hydrogens is 710 g/mol. The van der Waals surface area contributed by atoms with E-state index in [1.807, 2.05) is 54.6 Å². The van der Waals surface area contributed by atoms with Crippen molar-refractivity contribution in [1.82, 2.24) is 19.9 Å².